The van der Waals surface area contributed by atoms with Crippen LogP contribution >= 0.6 is 11.3 Å². The Balaban J connectivity index is 1.36. The van der Waals surface area contributed by atoms with Crippen molar-refractivity contribution in [2.45, 2.75) is 45.3 Å². The largest absolute Gasteiger partial charge is 0.490 e. The number of hydrogen-bond acceptors (Lipinski definition) is 6. The number of fused-ring (bicyclic) bond motifs is 1. The van der Waals surface area contributed by atoms with Gasteiger partial charge < -0.3 is 20.3 Å². The van der Waals surface area contributed by atoms with Crippen LogP contribution in [0, 0.1) is 11.3 Å². The highest BCUT2D eigenvalue weighted by Crippen LogP contribution is 2.40. The zero-order chi connectivity index (χ0) is 25.1. The Morgan fingerprint density at radius 3 is 2.92 bits per heavy atom. The van der Waals surface area contributed by atoms with E-state index >= 15 is 0 Å². The lowest BCUT2D eigenvalue weighted by Crippen LogP contribution is -2.50. The van der Waals surface area contributed by atoms with Crippen LogP contribution in [0.4, 0.5) is 4.79 Å². The molecule has 2 heterocycles. The Morgan fingerprint density at radius 1 is 1.31 bits per heavy atom. The molecule has 7 nitrogen and oxygen atoms in total. The van der Waals surface area contributed by atoms with Crippen LogP contribution in [0.1, 0.15) is 48.9 Å². The summed E-state index contributed by atoms with van der Waals surface area (Å²) in [5.41, 5.74) is 5.13. The number of nitrogens with one attached hydrogen (secondary N) is 2. The van der Waals surface area contributed by atoms with Gasteiger partial charge in [-0.25, -0.2) is 9.78 Å². The second-order valence-electron chi connectivity index (χ2n) is 9.48. The normalized spacial score (nSPS) is 19.6. The summed E-state index contributed by atoms with van der Waals surface area (Å²) in [6.45, 7) is 7.09. The number of urea groups is 1. The number of aromatic nitrogens is 1. The molecule has 1 aromatic heterocycles. The van der Waals surface area contributed by atoms with E-state index < -0.39 is 0 Å². The molecule has 5 rings (SSSR count). The molecule has 1 atom stereocenters. The van der Waals surface area contributed by atoms with Gasteiger partial charge in [-0.15, -0.1) is 11.3 Å². The molecular formula is C28H31N5O2S. The van der Waals surface area contributed by atoms with Gasteiger partial charge in [0.2, 0.25) is 0 Å². The number of carbonyl (C=O) groups is 1. The molecule has 0 radical (unpaired) electrons. The van der Waals surface area contributed by atoms with Crippen molar-refractivity contribution in [1.29, 1.82) is 5.26 Å². The highest BCUT2D eigenvalue weighted by atomic mass is 32.1. The number of hydrogen-bond donors (Lipinski definition) is 2. The first-order valence-electron chi connectivity index (χ1n) is 12.6. The van der Waals surface area contributed by atoms with Crippen molar-refractivity contribution in [2.75, 3.05) is 26.2 Å². The van der Waals surface area contributed by atoms with Gasteiger partial charge in [-0.1, -0.05) is 24.3 Å². The first-order chi connectivity index (χ1) is 17.5. The SMILES string of the molecule is CC(C)OC1=CCC=C(c2ncc(-c3cccc4c3CCC4NC(=O)N3CCNCC3)s2)C=C1C#N. The Bertz CT molecular complexity index is 1280. The molecule has 3 aliphatic rings. The van der Waals surface area contributed by atoms with Crippen LogP contribution in [-0.4, -0.2) is 48.2 Å². The lowest BCUT2D eigenvalue weighted by molar-refractivity contribution is 0.155. The van der Waals surface area contributed by atoms with Crippen molar-refractivity contribution in [2.24, 2.45) is 0 Å². The van der Waals surface area contributed by atoms with Crippen LogP contribution in [0.25, 0.3) is 16.0 Å². The first kappa shape index (κ1) is 24.3. The molecule has 36 heavy (non-hydrogen) atoms. The number of nitriles is 1. The van der Waals surface area contributed by atoms with Crippen molar-refractivity contribution in [1.82, 2.24) is 20.5 Å². The molecule has 2 N–H and O–H groups in total. The number of thiazole rings is 1. The maximum atomic E-state index is 12.8. The Kier molecular flexibility index (Phi) is 7.21. The molecule has 2 aliphatic carbocycles. The summed E-state index contributed by atoms with van der Waals surface area (Å²) in [7, 11) is 0. The fourth-order valence-electron chi connectivity index (χ4n) is 4.97. The number of carbonyl (C=O) groups excluding carboxylic acids is 1. The van der Waals surface area contributed by atoms with E-state index in [0.717, 1.165) is 54.5 Å². The van der Waals surface area contributed by atoms with Gasteiger partial charge >= 0.3 is 6.03 Å². The van der Waals surface area contributed by atoms with Crippen molar-refractivity contribution in [3.63, 3.8) is 0 Å². The zero-order valence-corrected chi connectivity index (χ0v) is 21.5. The maximum absolute atomic E-state index is 12.8. The van der Waals surface area contributed by atoms with E-state index in [9.17, 15) is 10.1 Å². The average Bonchev–Trinajstić information content (AvgIpc) is 3.48. The fourth-order valence-corrected chi connectivity index (χ4v) is 5.95. The fraction of sp³-hybridized carbons (Fsp3) is 0.393. The number of amides is 2. The third-order valence-electron chi connectivity index (χ3n) is 6.68. The van der Waals surface area contributed by atoms with E-state index in [4.69, 9.17) is 9.72 Å². The van der Waals surface area contributed by atoms with Gasteiger partial charge in [-0.2, -0.15) is 5.26 Å². The molecule has 1 saturated heterocycles. The number of nitrogens with zero attached hydrogens (tertiary/aromatic N) is 3. The standard InChI is InChI=1S/C28H31N5O2S/c1-18(2)35-25-8-3-5-19(15-20(25)16-29)27-31-17-26(36-27)23-7-4-6-22-21(23)9-10-24(22)32-28(34)33-13-11-30-12-14-33/h4-8,15,17-18,24,30H,3,9-14H2,1-2H3,(H,32,34). The highest BCUT2D eigenvalue weighted by Gasteiger charge is 2.28. The van der Waals surface area contributed by atoms with E-state index in [0.29, 0.717) is 17.8 Å². The minimum Gasteiger partial charge on any atom is -0.490 e. The molecule has 0 bridgehead atoms. The van der Waals surface area contributed by atoms with Gasteiger partial charge in [0, 0.05) is 37.9 Å². The molecule has 2 aromatic rings. The number of allylic oxidation sites excluding steroid dienone is 5. The molecule has 8 heteroatoms. The van der Waals surface area contributed by atoms with E-state index in [2.05, 4.69) is 41.0 Å². The summed E-state index contributed by atoms with van der Waals surface area (Å²) in [5.74, 6) is 0.630. The summed E-state index contributed by atoms with van der Waals surface area (Å²) < 4.78 is 5.84. The predicted octanol–water partition coefficient (Wildman–Crippen LogP) is 4.96. The van der Waals surface area contributed by atoms with E-state index in [1.807, 2.05) is 37.1 Å². The number of rotatable bonds is 5. The van der Waals surface area contributed by atoms with E-state index in [1.54, 1.807) is 11.3 Å². The number of ether oxygens (including phenoxy) is 1. The molecule has 1 unspecified atom stereocenters. The zero-order valence-electron chi connectivity index (χ0n) is 20.7. The molecule has 1 aliphatic heterocycles. The summed E-state index contributed by atoms with van der Waals surface area (Å²) in [6.07, 6.45) is 10.4. The number of piperazine rings is 1. The molecule has 2 amide bonds. The van der Waals surface area contributed by atoms with Gasteiger partial charge in [0.15, 0.2) is 0 Å². The third-order valence-corrected chi connectivity index (χ3v) is 7.76. The highest BCUT2D eigenvalue weighted by molar-refractivity contribution is 7.16. The average molecular weight is 502 g/mol. The van der Waals surface area contributed by atoms with Crippen LogP contribution in [0.2, 0.25) is 0 Å². The Labute approximate surface area is 216 Å². The van der Waals surface area contributed by atoms with Gasteiger partial charge in [0.05, 0.1) is 22.6 Å². The summed E-state index contributed by atoms with van der Waals surface area (Å²) in [4.78, 5) is 20.5. The molecule has 1 fully saturated rings. The topological polar surface area (TPSA) is 90.3 Å². The van der Waals surface area contributed by atoms with Crippen molar-refractivity contribution in [3.8, 4) is 16.5 Å². The summed E-state index contributed by atoms with van der Waals surface area (Å²) >= 11 is 1.63. The third kappa shape index (κ3) is 5.08. The Morgan fingerprint density at radius 2 is 2.14 bits per heavy atom. The molecule has 186 valence electrons. The monoisotopic (exact) mass is 501 g/mol. The van der Waals surface area contributed by atoms with Crippen LogP contribution < -0.4 is 10.6 Å². The van der Waals surface area contributed by atoms with E-state index in [1.165, 1.54) is 16.7 Å². The van der Waals surface area contributed by atoms with Crippen LogP contribution in [-0.2, 0) is 11.2 Å². The van der Waals surface area contributed by atoms with Gasteiger partial charge in [-0.05, 0) is 62.0 Å². The summed E-state index contributed by atoms with van der Waals surface area (Å²) in [6, 6.07) is 8.68. The van der Waals surface area contributed by atoms with Crippen molar-refractivity contribution < 1.29 is 9.53 Å². The Hall–Kier alpha value is -3.41. The maximum Gasteiger partial charge on any atom is 0.317 e. The van der Waals surface area contributed by atoms with Crippen molar-refractivity contribution >= 4 is 22.9 Å². The molecule has 0 saturated carbocycles. The van der Waals surface area contributed by atoms with Crippen molar-refractivity contribution in [3.05, 3.63) is 70.1 Å². The minimum atomic E-state index is 0.00617. The molecular weight excluding hydrogens is 470 g/mol. The molecule has 0 spiro atoms. The van der Waals surface area contributed by atoms with Crippen LogP contribution in [0.3, 0.4) is 0 Å². The predicted molar refractivity (Wildman–Crippen MR) is 142 cm³/mol. The quantitative estimate of drug-likeness (QED) is 0.605. The lowest BCUT2D eigenvalue weighted by atomic mass is 10.0. The van der Waals surface area contributed by atoms with Crippen LogP contribution in [0.5, 0.6) is 0 Å². The minimum absolute atomic E-state index is 0.00617. The first-order valence-corrected chi connectivity index (χ1v) is 13.4. The second-order valence-corrected chi connectivity index (χ2v) is 10.5. The van der Waals surface area contributed by atoms with Gasteiger partial charge in [0.25, 0.3) is 0 Å². The van der Waals surface area contributed by atoms with Gasteiger partial charge in [0.1, 0.15) is 16.8 Å². The van der Waals surface area contributed by atoms with E-state index in [-0.39, 0.29) is 18.2 Å². The lowest BCUT2D eigenvalue weighted by Gasteiger charge is -2.29. The van der Waals surface area contributed by atoms with Gasteiger partial charge in [-0.3, -0.25) is 0 Å². The molecule has 1 aromatic carbocycles. The second kappa shape index (κ2) is 10.7. The van der Waals surface area contributed by atoms with Crippen LogP contribution in [0.15, 0.2) is 54.0 Å². The smallest absolute Gasteiger partial charge is 0.317 e. The number of benzene rings is 1. The summed E-state index contributed by atoms with van der Waals surface area (Å²) in [5, 5.41) is 17.1.